The van der Waals surface area contributed by atoms with E-state index in [-0.39, 0.29) is 5.54 Å². The maximum Gasteiger partial charge on any atom is 0.157 e. The van der Waals surface area contributed by atoms with E-state index in [1.54, 1.807) is 11.7 Å². The number of aliphatic hydroxyl groups is 1. The molecule has 5 heteroatoms. The van der Waals surface area contributed by atoms with Gasteiger partial charge in [0, 0.05) is 12.6 Å². The molecule has 1 atom stereocenters. The highest BCUT2D eigenvalue weighted by Gasteiger charge is 2.33. The van der Waals surface area contributed by atoms with Gasteiger partial charge in [0.1, 0.15) is 12.4 Å². The summed E-state index contributed by atoms with van der Waals surface area (Å²) in [5.74, 6) is 0.587. The van der Waals surface area contributed by atoms with Crippen LogP contribution in [0.1, 0.15) is 25.8 Å². The summed E-state index contributed by atoms with van der Waals surface area (Å²) in [5, 5.41) is 14.1. The van der Waals surface area contributed by atoms with Crippen molar-refractivity contribution in [3.8, 4) is 0 Å². The Bertz CT molecular complexity index is 306. The van der Waals surface area contributed by atoms with E-state index in [1.165, 1.54) is 6.33 Å². The van der Waals surface area contributed by atoms with Crippen LogP contribution in [0.5, 0.6) is 0 Å². The van der Waals surface area contributed by atoms with Crippen molar-refractivity contribution in [1.29, 1.82) is 0 Å². The minimum atomic E-state index is -0.648. The summed E-state index contributed by atoms with van der Waals surface area (Å²) < 4.78 is 1.59. The third kappa shape index (κ3) is 1.78. The monoisotopic (exact) mass is 198 g/mol. The van der Waals surface area contributed by atoms with Crippen LogP contribution in [0, 0.1) is 0 Å². The molecule has 1 N–H and O–H groups in total. The van der Waals surface area contributed by atoms with Crippen LogP contribution in [0.3, 0.4) is 0 Å². The Morgan fingerprint density at radius 1 is 1.50 bits per heavy atom. The number of likely N-dealkylation sites (N-methyl/N-ethyl adjacent to an activating group) is 1. The van der Waals surface area contributed by atoms with E-state index >= 15 is 0 Å². The van der Waals surface area contributed by atoms with Crippen LogP contribution in [-0.2, 0) is 7.05 Å². The molecule has 0 amide bonds. The van der Waals surface area contributed by atoms with Gasteiger partial charge >= 0.3 is 0 Å². The molecular formula is C9H18N4O. The number of hydrogen-bond donors (Lipinski definition) is 1. The van der Waals surface area contributed by atoms with Crippen LogP contribution in [0.2, 0.25) is 0 Å². The maximum atomic E-state index is 10.1. The van der Waals surface area contributed by atoms with Crippen molar-refractivity contribution >= 4 is 0 Å². The molecule has 0 aliphatic rings. The van der Waals surface area contributed by atoms with Gasteiger partial charge in [-0.05, 0) is 27.9 Å². The maximum absolute atomic E-state index is 10.1. The molecule has 0 spiro atoms. The Labute approximate surface area is 84.4 Å². The molecule has 1 rings (SSSR count). The lowest BCUT2D eigenvalue weighted by atomic mass is 9.95. The molecule has 80 valence electrons. The zero-order valence-corrected chi connectivity index (χ0v) is 9.39. The van der Waals surface area contributed by atoms with E-state index in [0.717, 1.165) is 0 Å². The number of aliphatic hydroxyl groups excluding tert-OH is 1. The summed E-state index contributed by atoms with van der Waals surface area (Å²) in [6.07, 6.45) is 0.801. The summed E-state index contributed by atoms with van der Waals surface area (Å²) >= 11 is 0. The van der Waals surface area contributed by atoms with E-state index in [1.807, 2.05) is 32.8 Å². The molecule has 14 heavy (non-hydrogen) atoms. The molecule has 1 unspecified atom stereocenters. The van der Waals surface area contributed by atoms with Crippen molar-refractivity contribution in [3.63, 3.8) is 0 Å². The fourth-order valence-electron chi connectivity index (χ4n) is 1.11. The van der Waals surface area contributed by atoms with Crippen molar-refractivity contribution in [2.75, 3.05) is 14.1 Å². The molecule has 1 heterocycles. The highest BCUT2D eigenvalue weighted by molar-refractivity contribution is 5.00. The van der Waals surface area contributed by atoms with Gasteiger partial charge in [-0.1, -0.05) is 0 Å². The molecule has 0 fully saturated rings. The second kappa shape index (κ2) is 3.67. The van der Waals surface area contributed by atoms with Crippen molar-refractivity contribution in [1.82, 2.24) is 19.7 Å². The molecule has 0 aromatic carbocycles. The lowest BCUT2D eigenvalue weighted by Gasteiger charge is -2.36. The summed E-state index contributed by atoms with van der Waals surface area (Å²) in [5.41, 5.74) is -0.360. The first-order chi connectivity index (χ1) is 6.37. The topological polar surface area (TPSA) is 54.2 Å². The summed E-state index contributed by atoms with van der Waals surface area (Å²) in [6, 6.07) is 0. The standard InChI is InChI=1S/C9H18N4O/c1-9(2,12(3)4)7(14)8-10-6-11-13(8)5/h6-7,14H,1-5H3. The number of rotatable bonds is 3. The SMILES string of the molecule is CN(C)C(C)(C)C(O)c1ncnn1C. The Balaban J connectivity index is 2.96. The van der Waals surface area contributed by atoms with Gasteiger partial charge in [-0.2, -0.15) is 5.10 Å². The second-order valence-corrected chi connectivity index (χ2v) is 4.19. The van der Waals surface area contributed by atoms with E-state index in [9.17, 15) is 5.11 Å². The van der Waals surface area contributed by atoms with Crippen molar-refractivity contribution in [2.24, 2.45) is 7.05 Å². The summed E-state index contributed by atoms with van der Waals surface area (Å²) in [4.78, 5) is 6.00. The lowest BCUT2D eigenvalue weighted by Crippen LogP contribution is -2.44. The zero-order chi connectivity index (χ0) is 10.9. The first kappa shape index (κ1) is 11.1. The quantitative estimate of drug-likeness (QED) is 0.753. The molecule has 5 nitrogen and oxygen atoms in total. The first-order valence-electron chi connectivity index (χ1n) is 4.56. The minimum Gasteiger partial charge on any atom is -0.383 e. The Morgan fingerprint density at radius 3 is 2.43 bits per heavy atom. The largest absolute Gasteiger partial charge is 0.383 e. The van der Waals surface area contributed by atoms with Gasteiger partial charge in [0.05, 0.1) is 0 Å². The van der Waals surface area contributed by atoms with Crippen LogP contribution in [0.25, 0.3) is 0 Å². The highest BCUT2D eigenvalue weighted by Crippen LogP contribution is 2.27. The average Bonchev–Trinajstić information content (AvgIpc) is 2.49. The highest BCUT2D eigenvalue weighted by atomic mass is 16.3. The van der Waals surface area contributed by atoms with E-state index in [2.05, 4.69) is 10.1 Å². The lowest BCUT2D eigenvalue weighted by molar-refractivity contribution is 0.00843. The van der Waals surface area contributed by atoms with Gasteiger partial charge in [-0.3, -0.25) is 4.68 Å². The van der Waals surface area contributed by atoms with Crippen LogP contribution >= 0.6 is 0 Å². The van der Waals surface area contributed by atoms with Gasteiger partial charge in [-0.15, -0.1) is 0 Å². The number of aromatic nitrogens is 3. The molecule has 1 aromatic heterocycles. The molecule has 1 aromatic rings. The Morgan fingerprint density at radius 2 is 2.07 bits per heavy atom. The van der Waals surface area contributed by atoms with E-state index in [4.69, 9.17) is 0 Å². The van der Waals surface area contributed by atoms with E-state index < -0.39 is 6.10 Å². The van der Waals surface area contributed by atoms with Crippen molar-refractivity contribution < 1.29 is 5.11 Å². The third-order valence-electron chi connectivity index (χ3n) is 2.81. The van der Waals surface area contributed by atoms with Crippen LogP contribution in [-0.4, -0.2) is 44.4 Å². The fourth-order valence-corrected chi connectivity index (χ4v) is 1.11. The third-order valence-corrected chi connectivity index (χ3v) is 2.81. The number of nitrogens with zero attached hydrogens (tertiary/aromatic N) is 4. The normalized spacial score (nSPS) is 14.8. The second-order valence-electron chi connectivity index (χ2n) is 4.19. The number of aryl methyl sites for hydroxylation is 1. The predicted molar refractivity (Wildman–Crippen MR) is 53.7 cm³/mol. The first-order valence-corrected chi connectivity index (χ1v) is 4.56. The van der Waals surface area contributed by atoms with Gasteiger partial charge in [0.2, 0.25) is 0 Å². The Hall–Kier alpha value is -0.940. The zero-order valence-electron chi connectivity index (χ0n) is 9.39. The fraction of sp³-hybridized carbons (Fsp3) is 0.778. The van der Waals surface area contributed by atoms with E-state index in [0.29, 0.717) is 5.82 Å². The van der Waals surface area contributed by atoms with Crippen molar-refractivity contribution in [2.45, 2.75) is 25.5 Å². The van der Waals surface area contributed by atoms with Gasteiger partial charge < -0.3 is 10.0 Å². The number of hydrogen-bond acceptors (Lipinski definition) is 4. The molecule has 0 aliphatic heterocycles. The minimum absolute atomic E-state index is 0.360. The molecule has 0 saturated heterocycles. The molecule has 0 aliphatic carbocycles. The molecule has 0 radical (unpaired) electrons. The van der Waals surface area contributed by atoms with Crippen LogP contribution < -0.4 is 0 Å². The van der Waals surface area contributed by atoms with Gasteiger partial charge in [-0.25, -0.2) is 4.98 Å². The average molecular weight is 198 g/mol. The van der Waals surface area contributed by atoms with Gasteiger partial charge in [0.15, 0.2) is 5.82 Å². The Kier molecular flexibility index (Phi) is 2.92. The van der Waals surface area contributed by atoms with Crippen molar-refractivity contribution in [3.05, 3.63) is 12.2 Å². The summed E-state index contributed by atoms with van der Waals surface area (Å²) in [6.45, 7) is 3.93. The molecular weight excluding hydrogens is 180 g/mol. The molecule has 0 saturated carbocycles. The smallest absolute Gasteiger partial charge is 0.157 e. The predicted octanol–water partition coefficient (Wildman–Crippen LogP) is 0.189. The molecule has 0 bridgehead atoms. The summed E-state index contributed by atoms with van der Waals surface area (Å²) in [7, 11) is 5.64. The van der Waals surface area contributed by atoms with Gasteiger partial charge in [0.25, 0.3) is 0 Å². The van der Waals surface area contributed by atoms with Crippen LogP contribution in [0.15, 0.2) is 6.33 Å². The van der Waals surface area contributed by atoms with Crippen LogP contribution in [0.4, 0.5) is 0 Å².